The number of hydrogen-bond acceptors (Lipinski definition) is 9. The number of pyridine rings is 2. The monoisotopic (exact) mass is 709 g/mol. The predicted octanol–water partition coefficient (Wildman–Crippen LogP) is 7.53. The van der Waals surface area contributed by atoms with Crippen molar-refractivity contribution >= 4 is 11.8 Å². The van der Waals surface area contributed by atoms with Crippen LogP contribution in [-0.2, 0) is 25.2 Å². The van der Waals surface area contributed by atoms with Crippen LogP contribution in [-0.4, -0.2) is 43.3 Å². The van der Waals surface area contributed by atoms with Gasteiger partial charge >= 0.3 is 18.3 Å². The molecule has 0 saturated carbocycles. The molecule has 2 aromatic carbocycles. The highest BCUT2D eigenvalue weighted by Crippen LogP contribution is 2.32. The Bertz CT molecular complexity index is 2090. The summed E-state index contributed by atoms with van der Waals surface area (Å²) in [4.78, 5) is 38.2. The molecule has 0 spiro atoms. The summed E-state index contributed by atoms with van der Waals surface area (Å²) in [6.07, 6.45) is -2.32. The zero-order chi connectivity index (χ0) is 36.8. The highest BCUT2D eigenvalue weighted by Gasteiger charge is 2.31. The molecule has 0 aliphatic carbocycles. The zero-order valence-electron chi connectivity index (χ0n) is 26.1. The van der Waals surface area contributed by atoms with E-state index in [9.17, 15) is 35.9 Å². The number of rotatable bonds is 9. The van der Waals surface area contributed by atoms with Gasteiger partial charge in [0.15, 0.2) is 29.1 Å². The first-order valence-corrected chi connectivity index (χ1v) is 14.8. The Kier molecular flexibility index (Phi) is 10.7. The molecule has 6 aromatic rings. The molecule has 3 N–H and O–H groups in total. The van der Waals surface area contributed by atoms with Crippen LogP contribution in [0.1, 0.15) is 55.0 Å². The molecule has 0 unspecified atom stereocenters. The first-order valence-electron chi connectivity index (χ1n) is 14.8. The van der Waals surface area contributed by atoms with Gasteiger partial charge in [0.25, 0.3) is 0 Å². The Balaban J connectivity index is 0.000000198. The van der Waals surface area contributed by atoms with E-state index < -0.39 is 29.4 Å². The van der Waals surface area contributed by atoms with Gasteiger partial charge in [-0.3, -0.25) is 9.78 Å². The van der Waals surface area contributed by atoms with Crippen LogP contribution in [0.4, 0.5) is 26.3 Å². The second kappa shape index (κ2) is 15.2. The molecule has 0 radical (unpaired) electrons. The fourth-order valence-corrected chi connectivity index (χ4v) is 4.50. The van der Waals surface area contributed by atoms with E-state index in [0.717, 1.165) is 29.8 Å². The molecular weight excluding hydrogens is 684 g/mol. The number of halogens is 6. The van der Waals surface area contributed by atoms with Gasteiger partial charge in [0.05, 0.1) is 42.9 Å². The number of aromatic carboxylic acids is 1. The molecule has 0 atom stereocenters. The summed E-state index contributed by atoms with van der Waals surface area (Å²) in [5.74, 6) is 0.0827. The standard InChI is InChI=1S/C18H14F3N3O2.C17H11F3N2O3/c19-18(20,21)13-4-2-12(3-5-13)16-10-24-17(26-16)7-11-1-6-14(23-9-11)15(25)8-22;18-17(19,20)12-4-2-11(3-5-12)14-9-22-15(25-14)7-10-1-6-13(16(23)24)21-8-10/h1-6,9-10H,7-8,22H2;1-6,8-9H,7H2,(H,23,24). The van der Waals surface area contributed by atoms with Crippen molar-refractivity contribution < 1.29 is 49.9 Å². The smallest absolute Gasteiger partial charge is 0.416 e. The Morgan fingerprint density at radius 1 is 0.588 bits per heavy atom. The topological polar surface area (TPSA) is 158 Å². The lowest BCUT2D eigenvalue weighted by molar-refractivity contribution is -0.138. The van der Waals surface area contributed by atoms with Crippen LogP contribution in [0.25, 0.3) is 22.6 Å². The molecule has 51 heavy (non-hydrogen) atoms. The third kappa shape index (κ3) is 9.51. The van der Waals surface area contributed by atoms with E-state index in [1.807, 2.05) is 0 Å². The zero-order valence-corrected chi connectivity index (χ0v) is 26.1. The summed E-state index contributed by atoms with van der Waals surface area (Å²) < 4.78 is 86.6. The normalized spacial score (nSPS) is 11.5. The molecule has 10 nitrogen and oxygen atoms in total. The van der Waals surface area contributed by atoms with E-state index in [2.05, 4.69) is 19.9 Å². The minimum Gasteiger partial charge on any atom is -0.477 e. The summed E-state index contributed by atoms with van der Waals surface area (Å²) in [5.41, 5.74) is 6.49. The Morgan fingerprint density at radius 2 is 1.00 bits per heavy atom. The number of carboxylic acid groups (broad SMARTS) is 1. The average Bonchev–Trinajstić information content (AvgIpc) is 3.78. The quantitative estimate of drug-likeness (QED) is 0.114. The van der Waals surface area contributed by atoms with Gasteiger partial charge in [0.1, 0.15) is 11.4 Å². The number of oxazole rings is 2. The van der Waals surface area contributed by atoms with E-state index in [4.69, 9.17) is 19.7 Å². The minimum absolute atomic E-state index is 0.0680. The molecule has 6 rings (SSSR count). The van der Waals surface area contributed by atoms with Gasteiger partial charge in [-0.2, -0.15) is 26.3 Å². The van der Waals surface area contributed by atoms with Gasteiger partial charge < -0.3 is 19.7 Å². The molecule has 0 fully saturated rings. The van der Waals surface area contributed by atoms with Crippen molar-refractivity contribution in [1.29, 1.82) is 0 Å². The van der Waals surface area contributed by atoms with Gasteiger partial charge in [-0.1, -0.05) is 36.4 Å². The first kappa shape index (κ1) is 36.1. The van der Waals surface area contributed by atoms with Crippen molar-refractivity contribution in [2.24, 2.45) is 5.73 Å². The number of carbonyl (C=O) groups excluding carboxylic acids is 1. The number of nitrogens with two attached hydrogens (primary N) is 1. The lowest BCUT2D eigenvalue weighted by Gasteiger charge is -2.06. The minimum atomic E-state index is -4.39. The maximum atomic E-state index is 12.6. The number of alkyl halides is 6. The largest absolute Gasteiger partial charge is 0.477 e. The van der Waals surface area contributed by atoms with Gasteiger partial charge in [0, 0.05) is 23.5 Å². The van der Waals surface area contributed by atoms with Crippen LogP contribution in [0.5, 0.6) is 0 Å². The van der Waals surface area contributed by atoms with Crippen molar-refractivity contribution in [1.82, 2.24) is 19.9 Å². The maximum Gasteiger partial charge on any atom is 0.416 e. The molecule has 4 heterocycles. The summed E-state index contributed by atoms with van der Waals surface area (Å²) in [6.45, 7) is -0.109. The second-order valence-electron chi connectivity index (χ2n) is 10.8. The number of Topliss-reactive ketones (excluding diaryl/α,β-unsaturated/α-hetero) is 1. The van der Waals surface area contributed by atoms with Crippen molar-refractivity contribution in [3.05, 3.63) is 143 Å². The molecule has 4 aromatic heterocycles. The van der Waals surface area contributed by atoms with Crippen LogP contribution >= 0.6 is 0 Å². The number of hydrogen-bond donors (Lipinski definition) is 2. The van der Waals surface area contributed by atoms with E-state index >= 15 is 0 Å². The Morgan fingerprint density at radius 3 is 1.33 bits per heavy atom. The Hall–Kier alpha value is -6.16. The second-order valence-corrected chi connectivity index (χ2v) is 10.8. The number of ketones is 1. The number of carboxylic acids is 1. The summed E-state index contributed by atoms with van der Waals surface area (Å²) >= 11 is 0. The molecule has 262 valence electrons. The fraction of sp³-hybridized carbons (Fsp3) is 0.143. The van der Waals surface area contributed by atoms with E-state index in [1.165, 1.54) is 55.1 Å². The van der Waals surface area contributed by atoms with E-state index in [1.54, 1.807) is 18.2 Å². The summed E-state index contributed by atoms with van der Waals surface area (Å²) in [5, 5.41) is 8.80. The van der Waals surface area contributed by atoms with Crippen LogP contribution in [0.2, 0.25) is 0 Å². The van der Waals surface area contributed by atoms with Crippen molar-refractivity contribution in [3.8, 4) is 22.6 Å². The summed E-state index contributed by atoms with van der Waals surface area (Å²) in [7, 11) is 0. The van der Waals surface area contributed by atoms with Gasteiger partial charge in [-0.15, -0.1) is 0 Å². The van der Waals surface area contributed by atoms with Gasteiger partial charge in [0.2, 0.25) is 0 Å². The van der Waals surface area contributed by atoms with Gasteiger partial charge in [-0.25, -0.2) is 19.7 Å². The Labute approximate surface area is 284 Å². The molecule has 0 aliphatic heterocycles. The van der Waals surface area contributed by atoms with Crippen molar-refractivity contribution in [3.63, 3.8) is 0 Å². The third-order valence-electron chi connectivity index (χ3n) is 7.15. The lowest BCUT2D eigenvalue weighted by Crippen LogP contribution is -2.14. The molecule has 0 saturated heterocycles. The molecule has 0 bridgehead atoms. The SMILES string of the molecule is NCC(=O)c1ccc(Cc2ncc(-c3ccc(C(F)(F)F)cc3)o2)cn1.O=C(O)c1ccc(Cc2ncc(-c3ccc(C(F)(F)F)cc3)o2)cn1. The van der Waals surface area contributed by atoms with Crippen LogP contribution < -0.4 is 5.73 Å². The molecular formula is C35H25F6N5O5. The number of benzene rings is 2. The number of carbonyl (C=O) groups is 2. The van der Waals surface area contributed by atoms with Crippen LogP contribution in [0.3, 0.4) is 0 Å². The molecule has 0 amide bonds. The van der Waals surface area contributed by atoms with Crippen LogP contribution in [0, 0.1) is 0 Å². The molecule has 16 heteroatoms. The third-order valence-corrected chi connectivity index (χ3v) is 7.15. The molecule has 0 aliphatic rings. The maximum absolute atomic E-state index is 12.6. The predicted molar refractivity (Wildman–Crippen MR) is 168 cm³/mol. The number of nitrogens with zero attached hydrogens (tertiary/aromatic N) is 4. The van der Waals surface area contributed by atoms with Crippen molar-refractivity contribution in [2.45, 2.75) is 25.2 Å². The highest BCUT2D eigenvalue weighted by atomic mass is 19.4. The summed E-state index contributed by atoms with van der Waals surface area (Å²) in [6, 6.07) is 15.5. The van der Waals surface area contributed by atoms with E-state index in [0.29, 0.717) is 46.4 Å². The van der Waals surface area contributed by atoms with Gasteiger partial charge in [-0.05, 0) is 47.5 Å². The highest BCUT2D eigenvalue weighted by molar-refractivity contribution is 5.95. The van der Waals surface area contributed by atoms with E-state index in [-0.39, 0.29) is 30.1 Å². The fourth-order valence-electron chi connectivity index (χ4n) is 4.50. The van der Waals surface area contributed by atoms with Crippen molar-refractivity contribution in [2.75, 3.05) is 6.54 Å². The number of aromatic nitrogens is 4. The lowest BCUT2D eigenvalue weighted by atomic mass is 10.1. The first-order chi connectivity index (χ1) is 24.2. The average molecular weight is 710 g/mol. The van der Waals surface area contributed by atoms with Crippen LogP contribution in [0.15, 0.2) is 106 Å².